The van der Waals surface area contributed by atoms with Crippen LogP contribution in [0.2, 0.25) is 0 Å². The smallest absolute Gasteiger partial charge is 0.255 e. The lowest BCUT2D eigenvalue weighted by Gasteiger charge is -2.03. The number of ether oxygens (including phenoxy) is 2. The van der Waals surface area contributed by atoms with Crippen LogP contribution in [0.5, 0.6) is 11.6 Å². The molecular weight excluding hydrogens is 144 g/mol. The molecule has 0 aliphatic carbocycles. The number of aromatic nitrogens is 2. The van der Waals surface area contributed by atoms with Crippen LogP contribution in [0.1, 0.15) is 6.92 Å². The van der Waals surface area contributed by atoms with Crippen molar-refractivity contribution in [1.29, 1.82) is 0 Å². The minimum atomic E-state index is 0.627. The van der Waals surface area contributed by atoms with E-state index >= 15 is 0 Å². The van der Waals surface area contributed by atoms with Gasteiger partial charge in [0.1, 0.15) is 0 Å². The molecule has 62 valence electrons. The summed E-state index contributed by atoms with van der Waals surface area (Å²) in [7, 11) is 3.40. The van der Waals surface area contributed by atoms with E-state index in [2.05, 4.69) is 5.10 Å². The molecule has 11 heavy (non-hydrogen) atoms. The SMILES string of the molecule is CCOc1cnn(C)c1OC. The average molecular weight is 156 g/mol. The molecule has 0 fully saturated rings. The van der Waals surface area contributed by atoms with Crippen LogP contribution < -0.4 is 9.47 Å². The molecule has 4 nitrogen and oxygen atoms in total. The molecule has 0 spiro atoms. The Hall–Kier alpha value is -1.19. The molecule has 0 atom stereocenters. The van der Waals surface area contributed by atoms with E-state index in [1.807, 2.05) is 6.92 Å². The van der Waals surface area contributed by atoms with E-state index < -0.39 is 0 Å². The zero-order valence-corrected chi connectivity index (χ0v) is 7.00. The van der Waals surface area contributed by atoms with Crippen LogP contribution in [0.4, 0.5) is 0 Å². The highest BCUT2D eigenvalue weighted by Crippen LogP contribution is 2.24. The maximum atomic E-state index is 5.24. The van der Waals surface area contributed by atoms with Gasteiger partial charge in [0, 0.05) is 7.05 Å². The van der Waals surface area contributed by atoms with Crippen LogP contribution in [0.3, 0.4) is 0 Å². The van der Waals surface area contributed by atoms with E-state index in [-0.39, 0.29) is 0 Å². The lowest BCUT2D eigenvalue weighted by molar-refractivity contribution is 0.301. The van der Waals surface area contributed by atoms with Crippen LogP contribution in [-0.2, 0) is 7.05 Å². The molecule has 0 aromatic carbocycles. The minimum absolute atomic E-state index is 0.627. The maximum absolute atomic E-state index is 5.24. The Morgan fingerprint density at radius 2 is 2.36 bits per heavy atom. The van der Waals surface area contributed by atoms with E-state index in [1.165, 1.54) is 0 Å². The molecule has 1 heterocycles. The molecule has 0 radical (unpaired) electrons. The highest BCUT2D eigenvalue weighted by molar-refractivity contribution is 5.31. The summed E-state index contributed by atoms with van der Waals surface area (Å²) < 4.78 is 11.9. The molecule has 1 rings (SSSR count). The fourth-order valence-electron chi connectivity index (χ4n) is 0.893. The normalized spacial score (nSPS) is 9.73. The molecule has 1 aromatic heterocycles. The van der Waals surface area contributed by atoms with Crippen molar-refractivity contribution in [3.63, 3.8) is 0 Å². The van der Waals surface area contributed by atoms with Gasteiger partial charge in [-0.2, -0.15) is 5.10 Å². The van der Waals surface area contributed by atoms with Gasteiger partial charge in [0.25, 0.3) is 5.88 Å². The number of hydrogen-bond acceptors (Lipinski definition) is 3. The molecule has 0 saturated carbocycles. The Morgan fingerprint density at radius 3 is 2.91 bits per heavy atom. The second kappa shape index (κ2) is 3.27. The summed E-state index contributed by atoms with van der Waals surface area (Å²) in [5.41, 5.74) is 0. The van der Waals surface area contributed by atoms with Gasteiger partial charge in [0.05, 0.1) is 19.9 Å². The molecule has 4 heteroatoms. The van der Waals surface area contributed by atoms with Gasteiger partial charge in [0.2, 0.25) is 5.75 Å². The Bertz CT molecular complexity index is 232. The van der Waals surface area contributed by atoms with Crippen LogP contribution >= 0.6 is 0 Å². The third-order valence-corrected chi connectivity index (χ3v) is 1.35. The molecular formula is C7H12N2O2. The van der Waals surface area contributed by atoms with Gasteiger partial charge in [-0.15, -0.1) is 0 Å². The Kier molecular flexibility index (Phi) is 2.36. The van der Waals surface area contributed by atoms with Crippen LogP contribution in [-0.4, -0.2) is 23.5 Å². The molecule has 1 aromatic rings. The second-order valence-electron chi connectivity index (χ2n) is 2.07. The number of nitrogens with zero attached hydrogens (tertiary/aromatic N) is 2. The fraction of sp³-hybridized carbons (Fsp3) is 0.571. The molecule has 0 saturated heterocycles. The van der Waals surface area contributed by atoms with Crippen molar-refractivity contribution >= 4 is 0 Å². The van der Waals surface area contributed by atoms with Crippen molar-refractivity contribution in [2.24, 2.45) is 7.05 Å². The van der Waals surface area contributed by atoms with E-state index in [0.29, 0.717) is 18.2 Å². The van der Waals surface area contributed by atoms with Gasteiger partial charge in [-0.25, -0.2) is 4.68 Å². The first-order valence-electron chi connectivity index (χ1n) is 3.48. The number of hydrogen-bond donors (Lipinski definition) is 0. The zero-order valence-electron chi connectivity index (χ0n) is 7.00. The van der Waals surface area contributed by atoms with Gasteiger partial charge >= 0.3 is 0 Å². The van der Waals surface area contributed by atoms with Crippen molar-refractivity contribution in [3.8, 4) is 11.6 Å². The number of aryl methyl sites for hydroxylation is 1. The number of rotatable bonds is 3. The fourth-order valence-corrected chi connectivity index (χ4v) is 0.893. The van der Waals surface area contributed by atoms with Crippen molar-refractivity contribution in [1.82, 2.24) is 9.78 Å². The molecule has 0 aliphatic rings. The minimum Gasteiger partial charge on any atom is -0.487 e. The summed E-state index contributed by atoms with van der Waals surface area (Å²) in [6.45, 7) is 2.55. The van der Waals surface area contributed by atoms with E-state index in [9.17, 15) is 0 Å². The highest BCUT2D eigenvalue weighted by atomic mass is 16.5. The molecule has 0 unspecified atom stereocenters. The molecule has 0 amide bonds. The Morgan fingerprint density at radius 1 is 1.64 bits per heavy atom. The summed E-state index contributed by atoms with van der Waals surface area (Å²) in [6.07, 6.45) is 1.64. The lowest BCUT2D eigenvalue weighted by Crippen LogP contribution is -1.97. The average Bonchev–Trinajstić information content (AvgIpc) is 2.33. The first kappa shape index (κ1) is 7.91. The molecule has 0 N–H and O–H groups in total. The van der Waals surface area contributed by atoms with Crippen LogP contribution in [0, 0.1) is 0 Å². The Labute approximate surface area is 65.7 Å². The van der Waals surface area contributed by atoms with Gasteiger partial charge in [-0.3, -0.25) is 0 Å². The van der Waals surface area contributed by atoms with Crippen molar-refractivity contribution < 1.29 is 9.47 Å². The monoisotopic (exact) mass is 156 g/mol. The summed E-state index contributed by atoms with van der Waals surface area (Å²) in [6, 6.07) is 0. The largest absolute Gasteiger partial charge is 0.487 e. The van der Waals surface area contributed by atoms with Crippen molar-refractivity contribution in [2.45, 2.75) is 6.92 Å². The quantitative estimate of drug-likeness (QED) is 0.650. The summed E-state index contributed by atoms with van der Waals surface area (Å²) >= 11 is 0. The number of methoxy groups -OCH3 is 1. The highest BCUT2D eigenvalue weighted by Gasteiger charge is 2.07. The topological polar surface area (TPSA) is 36.3 Å². The first-order chi connectivity index (χ1) is 5.29. The predicted molar refractivity (Wildman–Crippen MR) is 40.9 cm³/mol. The van der Waals surface area contributed by atoms with E-state index in [0.717, 1.165) is 0 Å². The lowest BCUT2D eigenvalue weighted by atomic mass is 10.6. The van der Waals surface area contributed by atoms with Crippen LogP contribution in [0.25, 0.3) is 0 Å². The van der Waals surface area contributed by atoms with E-state index in [4.69, 9.17) is 9.47 Å². The van der Waals surface area contributed by atoms with Crippen LogP contribution in [0.15, 0.2) is 6.20 Å². The summed E-state index contributed by atoms with van der Waals surface area (Å²) in [4.78, 5) is 0. The third kappa shape index (κ3) is 1.45. The second-order valence-corrected chi connectivity index (χ2v) is 2.07. The predicted octanol–water partition coefficient (Wildman–Crippen LogP) is 0.827. The van der Waals surface area contributed by atoms with Gasteiger partial charge < -0.3 is 9.47 Å². The standard InChI is InChI=1S/C7H12N2O2/c1-4-11-6-5-8-9(2)7(6)10-3/h5H,4H2,1-3H3. The maximum Gasteiger partial charge on any atom is 0.255 e. The van der Waals surface area contributed by atoms with Gasteiger partial charge in [-0.05, 0) is 6.92 Å². The first-order valence-corrected chi connectivity index (χ1v) is 3.48. The third-order valence-electron chi connectivity index (χ3n) is 1.35. The van der Waals surface area contributed by atoms with Crippen molar-refractivity contribution in [3.05, 3.63) is 6.20 Å². The summed E-state index contributed by atoms with van der Waals surface area (Å²) in [5, 5.41) is 3.97. The zero-order chi connectivity index (χ0) is 8.27. The summed E-state index contributed by atoms with van der Waals surface area (Å²) in [5.74, 6) is 1.35. The van der Waals surface area contributed by atoms with E-state index in [1.54, 1.807) is 25.0 Å². The van der Waals surface area contributed by atoms with Gasteiger partial charge in [0.15, 0.2) is 0 Å². The Balaban J connectivity index is 2.86. The molecule has 0 aliphatic heterocycles. The van der Waals surface area contributed by atoms with Crippen molar-refractivity contribution in [2.75, 3.05) is 13.7 Å². The van der Waals surface area contributed by atoms with Gasteiger partial charge in [-0.1, -0.05) is 0 Å². The molecule has 0 bridgehead atoms.